The standard InChI is InChI=1S/C25H36O4/c1-7-14(2)21-17(10-8-9-15(3)22(27)16(4)13-26)18-11-20-24(5,28-20)12-19(18)23-25(21,6)29-23/h7-10,16-21,23,26H,11-13H2,1-6H3/b10-8+,14-7+,15-9+/t16?,17-,18-,19+,20-,21-,23-,24+,25+/m0/s1. The van der Waals surface area contributed by atoms with Crippen molar-refractivity contribution in [1.82, 2.24) is 0 Å². The molecule has 4 fully saturated rings. The summed E-state index contributed by atoms with van der Waals surface area (Å²) < 4.78 is 12.5. The van der Waals surface area contributed by atoms with Gasteiger partial charge in [0.05, 0.1) is 30.0 Å². The zero-order valence-corrected chi connectivity index (χ0v) is 18.6. The normalized spacial score (nSPS) is 47.3. The van der Waals surface area contributed by atoms with E-state index in [0.717, 1.165) is 12.8 Å². The first-order valence-corrected chi connectivity index (χ1v) is 11.1. The Morgan fingerprint density at radius 2 is 1.97 bits per heavy atom. The number of carbonyl (C=O) groups is 1. The first-order chi connectivity index (χ1) is 13.7. The molecule has 0 spiro atoms. The summed E-state index contributed by atoms with van der Waals surface area (Å²) in [5, 5.41) is 9.25. The Bertz CT molecular complexity index is 780. The lowest BCUT2D eigenvalue weighted by Gasteiger charge is -2.45. The molecule has 9 atom stereocenters. The van der Waals surface area contributed by atoms with Crippen molar-refractivity contribution in [3.63, 3.8) is 0 Å². The predicted octanol–water partition coefficient (Wildman–Crippen LogP) is 4.24. The fourth-order valence-electron chi connectivity index (χ4n) is 6.29. The second kappa shape index (κ2) is 7.18. The Morgan fingerprint density at radius 1 is 1.24 bits per heavy atom. The lowest BCUT2D eigenvalue weighted by atomic mass is 9.55. The number of rotatable bonds is 6. The Morgan fingerprint density at radius 3 is 2.62 bits per heavy atom. The molecule has 0 aromatic carbocycles. The molecule has 1 N–H and O–H groups in total. The van der Waals surface area contributed by atoms with Crippen molar-refractivity contribution in [3.8, 4) is 0 Å². The van der Waals surface area contributed by atoms with Crippen LogP contribution in [0.2, 0.25) is 0 Å². The fraction of sp³-hybridized carbons (Fsp3) is 0.720. The highest BCUT2D eigenvalue weighted by Crippen LogP contribution is 2.67. The number of epoxide rings is 2. The van der Waals surface area contributed by atoms with E-state index in [4.69, 9.17) is 9.47 Å². The number of ether oxygens (including phenoxy) is 2. The number of Topliss-reactive ketones (excluding diaryl/α,β-unsaturated/α-hetero) is 1. The Labute approximate surface area is 175 Å². The third-order valence-electron chi connectivity index (χ3n) is 8.22. The second-order valence-electron chi connectivity index (χ2n) is 10.2. The molecule has 0 aromatic rings. The van der Waals surface area contributed by atoms with E-state index >= 15 is 0 Å². The van der Waals surface area contributed by atoms with Crippen molar-refractivity contribution in [1.29, 1.82) is 0 Å². The number of allylic oxidation sites excluding steroid dienone is 5. The highest BCUT2D eigenvalue weighted by molar-refractivity contribution is 5.96. The van der Waals surface area contributed by atoms with Gasteiger partial charge in [-0.2, -0.15) is 0 Å². The lowest BCUT2D eigenvalue weighted by molar-refractivity contribution is -0.119. The quantitative estimate of drug-likeness (QED) is 0.313. The van der Waals surface area contributed by atoms with E-state index in [1.807, 2.05) is 13.0 Å². The molecule has 4 aliphatic rings. The molecule has 2 saturated carbocycles. The first kappa shape index (κ1) is 21.0. The average Bonchev–Trinajstić information content (AvgIpc) is 3.57. The van der Waals surface area contributed by atoms with Crippen LogP contribution in [0.1, 0.15) is 54.4 Å². The SMILES string of the molecule is C/C=C(\C)[C@H]1[C@@H](/C=C/C=C(\C)C(=O)C(C)CO)[C@@H]2C[C@@H]3O[C@]3(C)C[C@H]2[C@@H]2O[C@@]21C. The van der Waals surface area contributed by atoms with Crippen LogP contribution in [0.4, 0.5) is 0 Å². The van der Waals surface area contributed by atoms with Crippen LogP contribution >= 0.6 is 0 Å². The van der Waals surface area contributed by atoms with Crippen molar-refractivity contribution in [2.24, 2.45) is 29.6 Å². The van der Waals surface area contributed by atoms with Gasteiger partial charge in [0.1, 0.15) is 0 Å². The Balaban J connectivity index is 1.62. The summed E-state index contributed by atoms with van der Waals surface area (Å²) in [6.45, 7) is 12.4. The molecule has 1 unspecified atom stereocenters. The van der Waals surface area contributed by atoms with E-state index in [2.05, 4.69) is 45.9 Å². The van der Waals surface area contributed by atoms with Crippen LogP contribution in [-0.4, -0.2) is 40.9 Å². The van der Waals surface area contributed by atoms with Gasteiger partial charge in [0.25, 0.3) is 0 Å². The minimum Gasteiger partial charge on any atom is -0.396 e. The zero-order chi connectivity index (χ0) is 21.1. The molecule has 4 heteroatoms. The number of ketones is 1. The van der Waals surface area contributed by atoms with Gasteiger partial charge in [0, 0.05) is 11.8 Å². The van der Waals surface area contributed by atoms with Gasteiger partial charge in [-0.1, -0.05) is 36.8 Å². The molecule has 4 rings (SSSR count). The molecule has 0 radical (unpaired) electrons. The van der Waals surface area contributed by atoms with E-state index in [-0.39, 0.29) is 29.5 Å². The molecule has 2 aliphatic carbocycles. The number of aliphatic hydroxyl groups is 1. The topological polar surface area (TPSA) is 62.4 Å². The first-order valence-electron chi connectivity index (χ1n) is 11.1. The minimum atomic E-state index is -0.348. The number of carbonyl (C=O) groups excluding carboxylic acids is 1. The number of hydrogen-bond acceptors (Lipinski definition) is 4. The smallest absolute Gasteiger partial charge is 0.163 e. The van der Waals surface area contributed by atoms with Gasteiger partial charge in [-0.25, -0.2) is 0 Å². The van der Waals surface area contributed by atoms with Gasteiger partial charge in [-0.15, -0.1) is 0 Å². The summed E-state index contributed by atoms with van der Waals surface area (Å²) in [6.07, 6.45) is 11.4. The molecule has 2 saturated heterocycles. The predicted molar refractivity (Wildman–Crippen MR) is 113 cm³/mol. The largest absolute Gasteiger partial charge is 0.396 e. The van der Waals surface area contributed by atoms with E-state index in [1.165, 1.54) is 5.57 Å². The van der Waals surface area contributed by atoms with Crippen LogP contribution in [0, 0.1) is 29.6 Å². The molecule has 160 valence electrons. The van der Waals surface area contributed by atoms with E-state index in [0.29, 0.717) is 41.5 Å². The van der Waals surface area contributed by atoms with E-state index in [9.17, 15) is 9.90 Å². The minimum absolute atomic E-state index is 0.0113. The third-order valence-corrected chi connectivity index (χ3v) is 8.22. The van der Waals surface area contributed by atoms with Crippen LogP contribution in [0.5, 0.6) is 0 Å². The number of fused-ring (bicyclic) bond motifs is 4. The van der Waals surface area contributed by atoms with Crippen LogP contribution in [0.25, 0.3) is 0 Å². The third kappa shape index (κ3) is 3.37. The summed E-state index contributed by atoms with van der Waals surface area (Å²) in [4.78, 5) is 12.3. The summed E-state index contributed by atoms with van der Waals surface area (Å²) in [7, 11) is 0. The Hall–Kier alpha value is -1.23. The highest BCUT2D eigenvalue weighted by Gasteiger charge is 2.72. The molecule has 29 heavy (non-hydrogen) atoms. The summed E-state index contributed by atoms with van der Waals surface area (Å²) in [6, 6.07) is 0. The number of hydrogen-bond donors (Lipinski definition) is 1. The van der Waals surface area contributed by atoms with E-state index < -0.39 is 0 Å². The van der Waals surface area contributed by atoms with Crippen LogP contribution < -0.4 is 0 Å². The monoisotopic (exact) mass is 400 g/mol. The van der Waals surface area contributed by atoms with Crippen molar-refractivity contribution in [2.75, 3.05) is 6.61 Å². The van der Waals surface area contributed by atoms with Crippen LogP contribution in [-0.2, 0) is 14.3 Å². The van der Waals surface area contributed by atoms with Crippen LogP contribution in [0.15, 0.2) is 35.5 Å². The fourth-order valence-corrected chi connectivity index (χ4v) is 6.29. The van der Waals surface area contributed by atoms with Crippen molar-refractivity contribution in [3.05, 3.63) is 35.5 Å². The van der Waals surface area contributed by atoms with Crippen molar-refractivity contribution in [2.45, 2.75) is 77.8 Å². The Kier molecular flexibility index (Phi) is 5.20. The average molecular weight is 401 g/mol. The maximum absolute atomic E-state index is 12.3. The van der Waals surface area contributed by atoms with Gasteiger partial charge in [0.15, 0.2) is 5.78 Å². The van der Waals surface area contributed by atoms with Crippen LogP contribution in [0.3, 0.4) is 0 Å². The molecule has 0 bridgehead atoms. The van der Waals surface area contributed by atoms with Gasteiger partial charge in [-0.3, -0.25) is 4.79 Å². The summed E-state index contributed by atoms with van der Waals surface area (Å²) in [5.41, 5.74) is 2.06. The van der Waals surface area contributed by atoms with Crippen molar-refractivity contribution >= 4 is 5.78 Å². The second-order valence-corrected chi connectivity index (χ2v) is 10.2. The molecule has 0 aromatic heterocycles. The van der Waals surface area contributed by atoms with Crippen molar-refractivity contribution < 1.29 is 19.4 Å². The number of aliphatic hydroxyl groups excluding tert-OH is 1. The summed E-state index contributed by atoms with van der Waals surface area (Å²) >= 11 is 0. The van der Waals surface area contributed by atoms with Gasteiger partial charge < -0.3 is 14.6 Å². The maximum Gasteiger partial charge on any atom is 0.163 e. The molecule has 2 heterocycles. The van der Waals surface area contributed by atoms with Gasteiger partial charge in [-0.05, 0) is 70.8 Å². The highest BCUT2D eigenvalue weighted by atomic mass is 16.6. The lowest BCUT2D eigenvalue weighted by Crippen LogP contribution is -2.48. The van der Waals surface area contributed by atoms with Gasteiger partial charge >= 0.3 is 0 Å². The maximum atomic E-state index is 12.3. The zero-order valence-electron chi connectivity index (χ0n) is 18.6. The molecular formula is C25H36O4. The van der Waals surface area contributed by atoms with Gasteiger partial charge in [0.2, 0.25) is 0 Å². The van der Waals surface area contributed by atoms with E-state index in [1.54, 1.807) is 6.92 Å². The molecule has 2 aliphatic heterocycles. The molecular weight excluding hydrogens is 364 g/mol. The summed E-state index contributed by atoms with van der Waals surface area (Å²) in [5.74, 6) is 1.49. The molecule has 0 amide bonds. The molecule has 4 nitrogen and oxygen atoms in total.